The van der Waals surface area contributed by atoms with E-state index in [1.165, 1.54) is 0 Å². The fourth-order valence-corrected chi connectivity index (χ4v) is 1.69. The van der Waals surface area contributed by atoms with Crippen LogP contribution in [0.4, 0.5) is 0 Å². The second kappa shape index (κ2) is 5.85. The third-order valence-corrected chi connectivity index (χ3v) is 2.57. The molecule has 2 aromatic carbocycles. The second-order valence-corrected chi connectivity index (χ2v) is 3.81. The molecule has 3 N–H and O–H groups in total. The molecule has 2 rings (SSSR count). The minimum absolute atomic E-state index is 0.00402. The summed E-state index contributed by atoms with van der Waals surface area (Å²) >= 11 is 0. The molecule has 0 saturated carbocycles. The number of fused-ring (bicyclic) bond motifs is 1. The van der Waals surface area contributed by atoms with E-state index in [1.54, 1.807) is 0 Å². The number of nitrogens with one attached hydrogen (secondary N) is 1. The van der Waals surface area contributed by atoms with Gasteiger partial charge in [-0.15, -0.1) is 0 Å². The van der Waals surface area contributed by atoms with Gasteiger partial charge in [0, 0.05) is 5.56 Å². The summed E-state index contributed by atoms with van der Waals surface area (Å²) in [5, 5.41) is 4.90. The number of rotatable bonds is 2. The first-order chi connectivity index (χ1) is 8.81. The normalized spacial score (nSPS) is 9.61. The maximum atomic E-state index is 10.9. The zero-order valence-electron chi connectivity index (χ0n) is 9.94. The molecular formula is C15H14N2O. The molecule has 0 aliphatic heterocycles. The number of amides is 1. The van der Waals surface area contributed by atoms with Crippen LogP contribution in [-0.4, -0.2) is 19.0 Å². The van der Waals surface area contributed by atoms with E-state index in [4.69, 9.17) is 5.73 Å². The molecule has 0 spiro atoms. The Labute approximate surface area is 106 Å². The molecule has 0 unspecified atom stereocenters. The summed E-state index contributed by atoms with van der Waals surface area (Å²) < 4.78 is 0. The molecule has 0 bridgehead atoms. The summed E-state index contributed by atoms with van der Waals surface area (Å²) in [6, 6.07) is 14.1. The van der Waals surface area contributed by atoms with E-state index in [0.717, 1.165) is 16.3 Å². The van der Waals surface area contributed by atoms with E-state index in [0.29, 0.717) is 6.54 Å². The molecule has 0 heterocycles. The van der Waals surface area contributed by atoms with Gasteiger partial charge in [-0.25, -0.2) is 0 Å². The highest BCUT2D eigenvalue weighted by molar-refractivity contribution is 5.88. The van der Waals surface area contributed by atoms with Gasteiger partial charge >= 0.3 is 0 Å². The third-order valence-electron chi connectivity index (χ3n) is 2.57. The Morgan fingerprint density at radius 3 is 2.78 bits per heavy atom. The fourth-order valence-electron chi connectivity index (χ4n) is 1.69. The van der Waals surface area contributed by atoms with Crippen molar-refractivity contribution in [3.05, 3.63) is 48.0 Å². The van der Waals surface area contributed by atoms with Crippen molar-refractivity contribution in [2.45, 2.75) is 0 Å². The first-order valence-electron chi connectivity index (χ1n) is 5.74. The number of hydrogen-bond donors (Lipinski definition) is 2. The second-order valence-electron chi connectivity index (χ2n) is 3.81. The smallest absolute Gasteiger partial charge is 0.234 e. The Bertz CT molecular complexity index is 618. The summed E-state index contributed by atoms with van der Waals surface area (Å²) in [6.45, 7) is 0.315. The standard InChI is InChI=1S/C15H14N2O/c16-11-15(18)17-10-4-8-13-7-3-6-12-5-1-2-9-14(12)13/h1-3,5-7,9H,10-11,16H2,(H,17,18). The van der Waals surface area contributed by atoms with Gasteiger partial charge in [-0.1, -0.05) is 48.2 Å². The summed E-state index contributed by atoms with van der Waals surface area (Å²) in [5.41, 5.74) is 6.15. The highest BCUT2D eigenvalue weighted by Gasteiger charge is 1.96. The summed E-state index contributed by atoms with van der Waals surface area (Å²) in [6.07, 6.45) is 0. The van der Waals surface area contributed by atoms with Crippen molar-refractivity contribution in [2.24, 2.45) is 5.73 Å². The Balaban J connectivity index is 2.17. The van der Waals surface area contributed by atoms with E-state index in [-0.39, 0.29) is 12.5 Å². The summed E-state index contributed by atoms with van der Waals surface area (Å²) in [4.78, 5) is 10.9. The fraction of sp³-hybridized carbons (Fsp3) is 0.133. The van der Waals surface area contributed by atoms with E-state index < -0.39 is 0 Å². The maximum Gasteiger partial charge on any atom is 0.234 e. The monoisotopic (exact) mass is 238 g/mol. The first kappa shape index (κ1) is 12.2. The van der Waals surface area contributed by atoms with Gasteiger partial charge in [0.2, 0.25) is 5.91 Å². The number of nitrogens with two attached hydrogens (primary N) is 1. The van der Waals surface area contributed by atoms with Gasteiger partial charge < -0.3 is 11.1 Å². The van der Waals surface area contributed by atoms with Gasteiger partial charge in [0.05, 0.1) is 13.1 Å². The van der Waals surface area contributed by atoms with Gasteiger partial charge in [-0.05, 0) is 16.8 Å². The molecule has 0 saturated heterocycles. The van der Waals surface area contributed by atoms with Crippen molar-refractivity contribution in [1.82, 2.24) is 5.32 Å². The van der Waals surface area contributed by atoms with Crippen molar-refractivity contribution in [2.75, 3.05) is 13.1 Å². The van der Waals surface area contributed by atoms with Crippen LogP contribution < -0.4 is 11.1 Å². The summed E-state index contributed by atoms with van der Waals surface area (Å²) in [7, 11) is 0. The average Bonchev–Trinajstić information content (AvgIpc) is 2.43. The lowest BCUT2D eigenvalue weighted by Gasteiger charge is -1.99. The van der Waals surface area contributed by atoms with Crippen LogP contribution in [0.1, 0.15) is 5.56 Å². The minimum Gasteiger partial charge on any atom is -0.344 e. The lowest BCUT2D eigenvalue weighted by molar-refractivity contribution is -0.119. The van der Waals surface area contributed by atoms with Crippen LogP contribution in [0.25, 0.3) is 10.8 Å². The van der Waals surface area contributed by atoms with Crippen LogP contribution >= 0.6 is 0 Å². The van der Waals surface area contributed by atoms with Crippen LogP contribution in [0.5, 0.6) is 0 Å². The van der Waals surface area contributed by atoms with Crippen molar-refractivity contribution in [3.8, 4) is 11.8 Å². The molecule has 1 amide bonds. The Morgan fingerprint density at radius 2 is 1.94 bits per heavy atom. The molecule has 3 nitrogen and oxygen atoms in total. The number of hydrogen-bond acceptors (Lipinski definition) is 2. The number of carbonyl (C=O) groups is 1. The maximum absolute atomic E-state index is 10.9. The molecule has 2 aromatic rings. The van der Waals surface area contributed by atoms with E-state index in [1.807, 2.05) is 30.3 Å². The van der Waals surface area contributed by atoms with Gasteiger partial charge in [-0.2, -0.15) is 0 Å². The highest BCUT2D eigenvalue weighted by atomic mass is 16.1. The lowest BCUT2D eigenvalue weighted by atomic mass is 10.1. The van der Waals surface area contributed by atoms with E-state index in [9.17, 15) is 4.79 Å². The predicted molar refractivity (Wildman–Crippen MR) is 72.9 cm³/mol. The number of carbonyl (C=O) groups excluding carboxylic acids is 1. The van der Waals surface area contributed by atoms with E-state index in [2.05, 4.69) is 29.3 Å². The van der Waals surface area contributed by atoms with Crippen molar-refractivity contribution < 1.29 is 4.79 Å². The number of benzene rings is 2. The van der Waals surface area contributed by atoms with Gasteiger partial charge in [0.25, 0.3) is 0 Å². The van der Waals surface area contributed by atoms with Crippen molar-refractivity contribution >= 4 is 16.7 Å². The molecule has 0 aliphatic rings. The molecule has 18 heavy (non-hydrogen) atoms. The first-order valence-corrected chi connectivity index (χ1v) is 5.74. The quantitative estimate of drug-likeness (QED) is 0.774. The SMILES string of the molecule is NCC(=O)NCC#Cc1cccc2ccccc12. The van der Waals surface area contributed by atoms with Crippen LogP contribution in [-0.2, 0) is 4.79 Å². The van der Waals surface area contributed by atoms with Gasteiger partial charge in [0.15, 0.2) is 0 Å². The Hall–Kier alpha value is -2.31. The minimum atomic E-state index is -0.192. The highest BCUT2D eigenvalue weighted by Crippen LogP contribution is 2.17. The Kier molecular flexibility index (Phi) is 3.95. The largest absolute Gasteiger partial charge is 0.344 e. The molecule has 0 fully saturated rings. The van der Waals surface area contributed by atoms with Crippen LogP contribution in [0.15, 0.2) is 42.5 Å². The molecule has 0 aromatic heterocycles. The molecule has 0 aliphatic carbocycles. The zero-order valence-corrected chi connectivity index (χ0v) is 9.94. The molecule has 3 heteroatoms. The lowest BCUT2D eigenvalue weighted by Crippen LogP contribution is -2.30. The Morgan fingerprint density at radius 1 is 1.17 bits per heavy atom. The predicted octanol–water partition coefficient (Wildman–Crippen LogP) is 1.27. The van der Waals surface area contributed by atoms with Crippen LogP contribution in [0.2, 0.25) is 0 Å². The van der Waals surface area contributed by atoms with Crippen molar-refractivity contribution in [3.63, 3.8) is 0 Å². The zero-order chi connectivity index (χ0) is 12.8. The average molecular weight is 238 g/mol. The van der Waals surface area contributed by atoms with Crippen LogP contribution in [0, 0.1) is 11.8 Å². The van der Waals surface area contributed by atoms with Crippen LogP contribution in [0.3, 0.4) is 0 Å². The molecular weight excluding hydrogens is 224 g/mol. The molecule has 90 valence electrons. The van der Waals surface area contributed by atoms with E-state index >= 15 is 0 Å². The topological polar surface area (TPSA) is 55.1 Å². The van der Waals surface area contributed by atoms with Crippen molar-refractivity contribution in [1.29, 1.82) is 0 Å². The third kappa shape index (κ3) is 2.88. The van der Waals surface area contributed by atoms with Gasteiger partial charge in [-0.3, -0.25) is 4.79 Å². The molecule has 0 atom stereocenters. The van der Waals surface area contributed by atoms with Gasteiger partial charge in [0.1, 0.15) is 0 Å². The summed E-state index contributed by atoms with van der Waals surface area (Å²) in [5.74, 6) is 5.79. The molecule has 0 radical (unpaired) electrons.